The molecule has 32 heavy (non-hydrogen) atoms. The zero-order valence-electron chi connectivity index (χ0n) is 18.7. The van der Waals surface area contributed by atoms with Crippen molar-refractivity contribution >= 4 is 29.3 Å². The maximum atomic E-state index is 13.6. The van der Waals surface area contributed by atoms with Gasteiger partial charge in [-0.2, -0.15) is 4.98 Å². The van der Waals surface area contributed by atoms with Crippen molar-refractivity contribution in [1.82, 2.24) is 14.8 Å². The summed E-state index contributed by atoms with van der Waals surface area (Å²) in [4.78, 5) is 18.2. The number of methoxy groups -OCH3 is 1. The summed E-state index contributed by atoms with van der Waals surface area (Å²) in [7, 11) is 1.59. The van der Waals surface area contributed by atoms with E-state index in [1.165, 1.54) is 5.56 Å². The van der Waals surface area contributed by atoms with Crippen LogP contribution in [0.5, 0.6) is 5.75 Å². The third-order valence-corrected chi connectivity index (χ3v) is 6.13. The van der Waals surface area contributed by atoms with Gasteiger partial charge in [0, 0.05) is 5.70 Å². The van der Waals surface area contributed by atoms with E-state index in [-0.39, 0.29) is 5.91 Å². The highest BCUT2D eigenvalue weighted by atomic mass is 32.2. The van der Waals surface area contributed by atoms with Crippen molar-refractivity contribution in [3.05, 3.63) is 70.9 Å². The monoisotopic (exact) mass is 449 g/mol. The van der Waals surface area contributed by atoms with E-state index in [1.54, 1.807) is 18.9 Å². The molecule has 0 saturated carbocycles. The molecule has 0 saturated heterocycles. The van der Waals surface area contributed by atoms with Gasteiger partial charge in [-0.15, -0.1) is 5.10 Å². The van der Waals surface area contributed by atoms with E-state index in [0.717, 1.165) is 23.4 Å². The molecule has 1 amide bonds. The van der Waals surface area contributed by atoms with Gasteiger partial charge in [0.25, 0.3) is 5.91 Å². The van der Waals surface area contributed by atoms with E-state index in [1.807, 2.05) is 35.9 Å². The van der Waals surface area contributed by atoms with Crippen molar-refractivity contribution in [3.63, 3.8) is 0 Å². The van der Waals surface area contributed by atoms with Crippen LogP contribution in [-0.4, -0.2) is 33.5 Å². The van der Waals surface area contributed by atoms with Crippen LogP contribution in [-0.2, 0) is 11.2 Å². The summed E-state index contributed by atoms with van der Waals surface area (Å²) < 4.78 is 7.22. The number of thioether (sulfide) groups is 1. The van der Waals surface area contributed by atoms with Crippen molar-refractivity contribution < 1.29 is 9.53 Å². The lowest BCUT2D eigenvalue weighted by Crippen LogP contribution is -2.31. The second kappa shape index (κ2) is 9.48. The Morgan fingerprint density at radius 1 is 1.19 bits per heavy atom. The van der Waals surface area contributed by atoms with Gasteiger partial charge in [-0.25, -0.2) is 4.68 Å². The third kappa shape index (κ3) is 4.23. The van der Waals surface area contributed by atoms with Crippen LogP contribution >= 0.6 is 11.8 Å². The second-order valence-corrected chi connectivity index (χ2v) is 8.64. The summed E-state index contributed by atoms with van der Waals surface area (Å²) in [6, 6.07) is 15.3. The Kier molecular flexibility index (Phi) is 6.50. The molecule has 0 aliphatic carbocycles. The van der Waals surface area contributed by atoms with Gasteiger partial charge in [-0.05, 0) is 42.4 Å². The van der Waals surface area contributed by atoms with Crippen molar-refractivity contribution in [2.45, 2.75) is 38.4 Å². The molecule has 1 aromatic heterocycles. The molecule has 7 nitrogen and oxygen atoms in total. The number of allylic oxidation sites excluding steroid dienone is 1. The molecular formula is C24H27N5O2S. The fourth-order valence-corrected chi connectivity index (χ4v) is 4.35. The summed E-state index contributed by atoms with van der Waals surface area (Å²) in [5.41, 5.74) is 4.17. The number of aromatic nitrogens is 3. The number of hydrogen-bond acceptors (Lipinski definition) is 6. The number of fused-ring (bicyclic) bond motifs is 1. The molecule has 3 aromatic rings. The lowest BCUT2D eigenvalue weighted by atomic mass is 9.94. The fourth-order valence-electron chi connectivity index (χ4n) is 3.80. The molecule has 2 heterocycles. The first-order valence-corrected chi connectivity index (χ1v) is 11.6. The Labute approximate surface area is 192 Å². The number of nitrogens with zero attached hydrogens (tertiary/aromatic N) is 3. The number of benzene rings is 2. The van der Waals surface area contributed by atoms with Crippen LogP contribution in [0.15, 0.2) is 65.0 Å². The number of rotatable bonds is 7. The Morgan fingerprint density at radius 2 is 1.94 bits per heavy atom. The van der Waals surface area contributed by atoms with Crippen LogP contribution in [0.4, 0.5) is 11.6 Å². The number of ether oxygens (including phenoxy) is 1. The summed E-state index contributed by atoms with van der Waals surface area (Å²) in [5, 5.41) is 11.7. The van der Waals surface area contributed by atoms with Crippen LogP contribution in [0, 0.1) is 0 Å². The molecule has 0 unspecified atom stereocenters. The van der Waals surface area contributed by atoms with Crippen molar-refractivity contribution in [2.24, 2.45) is 0 Å². The normalized spacial score (nSPS) is 15.2. The van der Waals surface area contributed by atoms with Crippen LogP contribution < -0.4 is 15.4 Å². The molecule has 0 fully saturated rings. The third-order valence-electron chi connectivity index (χ3n) is 5.41. The number of nitrogens with one attached hydrogen (secondary N) is 2. The standard InChI is InChI=1S/C24H27N5O2S/c1-5-16-11-13-17(14-12-16)21-20(22(30)26-18-9-7-8-10-19(18)31-4)15(3)25-23-27-24(32-6-2)28-29(21)23/h7-14,21H,5-6H2,1-4H3,(H,26,30)(H,25,27,28)/t21-/m0/s1. The van der Waals surface area contributed by atoms with Crippen LogP contribution in [0.2, 0.25) is 0 Å². The van der Waals surface area contributed by atoms with E-state index in [0.29, 0.717) is 28.1 Å². The molecule has 1 aliphatic rings. The quantitative estimate of drug-likeness (QED) is 0.500. The molecule has 2 N–H and O–H groups in total. The van der Waals surface area contributed by atoms with Gasteiger partial charge in [0.15, 0.2) is 0 Å². The molecule has 0 radical (unpaired) electrons. The molecule has 1 atom stereocenters. The van der Waals surface area contributed by atoms with Gasteiger partial charge in [-0.1, -0.05) is 62.0 Å². The van der Waals surface area contributed by atoms with Gasteiger partial charge in [0.2, 0.25) is 11.1 Å². The number of aryl methyl sites for hydroxylation is 1. The van der Waals surface area contributed by atoms with Crippen LogP contribution in [0.3, 0.4) is 0 Å². The van der Waals surface area contributed by atoms with Crippen LogP contribution in [0.25, 0.3) is 0 Å². The van der Waals surface area contributed by atoms with Gasteiger partial charge < -0.3 is 15.4 Å². The minimum Gasteiger partial charge on any atom is -0.495 e. The highest BCUT2D eigenvalue weighted by Gasteiger charge is 2.34. The van der Waals surface area contributed by atoms with E-state index >= 15 is 0 Å². The lowest BCUT2D eigenvalue weighted by Gasteiger charge is -2.29. The Morgan fingerprint density at radius 3 is 2.62 bits per heavy atom. The first-order chi connectivity index (χ1) is 15.5. The van der Waals surface area contributed by atoms with Crippen molar-refractivity contribution in [3.8, 4) is 5.75 Å². The zero-order valence-corrected chi connectivity index (χ0v) is 19.5. The van der Waals surface area contributed by atoms with Gasteiger partial charge in [0.05, 0.1) is 18.4 Å². The van der Waals surface area contributed by atoms with E-state index in [4.69, 9.17) is 9.84 Å². The number of para-hydroxylation sites is 2. The highest BCUT2D eigenvalue weighted by Crippen LogP contribution is 2.37. The first kappa shape index (κ1) is 22.0. The Hall–Kier alpha value is -3.26. The minimum absolute atomic E-state index is 0.213. The van der Waals surface area contributed by atoms with E-state index in [9.17, 15) is 4.79 Å². The smallest absolute Gasteiger partial charge is 0.255 e. The van der Waals surface area contributed by atoms with Gasteiger partial charge in [0.1, 0.15) is 11.8 Å². The highest BCUT2D eigenvalue weighted by molar-refractivity contribution is 7.99. The maximum Gasteiger partial charge on any atom is 0.255 e. The average Bonchev–Trinajstić information content (AvgIpc) is 3.20. The lowest BCUT2D eigenvalue weighted by molar-refractivity contribution is -0.113. The Bertz CT molecular complexity index is 1150. The number of amides is 1. The first-order valence-electron chi connectivity index (χ1n) is 10.7. The topological polar surface area (TPSA) is 81.1 Å². The molecular weight excluding hydrogens is 422 g/mol. The predicted octanol–water partition coefficient (Wildman–Crippen LogP) is 4.89. The Balaban J connectivity index is 1.77. The maximum absolute atomic E-state index is 13.6. The molecule has 166 valence electrons. The number of anilines is 2. The summed E-state index contributed by atoms with van der Waals surface area (Å²) in [5.74, 6) is 1.90. The summed E-state index contributed by atoms with van der Waals surface area (Å²) >= 11 is 1.57. The zero-order chi connectivity index (χ0) is 22.7. The van der Waals surface area contributed by atoms with E-state index in [2.05, 4.69) is 53.7 Å². The average molecular weight is 450 g/mol. The number of carbonyl (C=O) groups is 1. The molecule has 8 heteroatoms. The minimum atomic E-state index is -0.398. The van der Waals surface area contributed by atoms with Gasteiger partial charge >= 0.3 is 0 Å². The molecule has 2 aromatic carbocycles. The molecule has 1 aliphatic heterocycles. The number of hydrogen-bond donors (Lipinski definition) is 2. The molecule has 0 spiro atoms. The molecule has 4 rings (SSSR count). The van der Waals surface area contributed by atoms with Crippen molar-refractivity contribution in [1.29, 1.82) is 0 Å². The van der Waals surface area contributed by atoms with Gasteiger partial charge in [-0.3, -0.25) is 4.79 Å². The fraction of sp³-hybridized carbons (Fsp3) is 0.292. The number of carbonyl (C=O) groups excluding carboxylic acids is 1. The summed E-state index contributed by atoms with van der Waals surface area (Å²) in [6.07, 6.45) is 0.953. The van der Waals surface area contributed by atoms with Crippen molar-refractivity contribution in [2.75, 3.05) is 23.5 Å². The predicted molar refractivity (Wildman–Crippen MR) is 128 cm³/mol. The molecule has 0 bridgehead atoms. The summed E-state index contributed by atoms with van der Waals surface area (Å²) in [6.45, 7) is 6.09. The SMILES string of the molecule is CCSc1nc2n(n1)[C@@H](c1ccc(CC)cc1)C(C(=O)Nc1ccccc1OC)=C(C)N2. The van der Waals surface area contributed by atoms with Crippen LogP contribution in [0.1, 0.15) is 37.9 Å². The van der Waals surface area contributed by atoms with E-state index < -0.39 is 6.04 Å². The largest absolute Gasteiger partial charge is 0.495 e. The second-order valence-electron chi connectivity index (χ2n) is 7.41.